The first-order chi connectivity index (χ1) is 16.8. The number of hydrogen-bond donors (Lipinski definition) is 1. The van der Waals surface area contributed by atoms with Crippen LogP contribution in [0.2, 0.25) is 0 Å². The van der Waals surface area contributed by atoms with Crippen molar-refractivity contribution in [2.45, 2.75) is 32.0 Å². The topological polar surface area (TPSA) is 80.9 Å². The summed E-state index contributed by atoms with van der Waals surface area (Å²) in [5.41, 5.74) is 3.95. The lowest BCUT2D eigenvalue weighted by Crippen LogP contribution is -2.21. The number of hydrogen-bond acceptors (Lipinski definition) is 6. The van der Waals surface area contributed by atoms with Gasteiger partial charge in [0.2, 0.25) is 5.91 Å². The lowest BCUT2D eigenvalue weighted by molar-refractivity contribution is -0.113. The molecule has 1 unspecified atom stereocenters. The Morgan fingerprint density at radius 1 is 1.06 bits per heavy atom. The summed E-state index contributed by atoms with van der Waals surface area (Å²) in [5.74, 6) is 0.342. The summed E-state index contributed by atoms with van der Waals surface area (Å²) in [4.78, 5) is 14.9. The first kappa shape index (κ1) is 24.6. The minimum Gasteiger partial charge on any atom is -0.322 e. The van der Waals surface area contributed by atoms with Crippen LogP contribution in [0, 0.1) is 19.7 Å². The predicted octanol–water partition coefficient (Wildman–Crippen LogP) is 4.56. The summed E-state index contributed by atoms with van der Waals surface area (Å²) in [7, 11) is 3.91. The van der Waals surface area contributed by atoms with Gasteiger partial charge in [-0.15, -0.1) is 10.2 Å². The normalized spacial score (nSPS) is 12.2. The zero-order chi connectivity index (χ0) is 25.1. The number of carbonyl (C=O) groups excluding carboxylic acids is 1. The Morgan fingerprint density at radius 2 is 1.74 bits per heavy atom. The minimum absolute atomic E-state index is 0.0372. The maximum atomic E-state index is 13.5. The van der Waals surface area contributed by atoms with Crippen molar-refractivity contribution in [2.24, 2.45) is 0 Å². The van der Waals surface area contributed by atoms with Crippen LogP contribution in [0.15, 0.2) is 59.8 Å². The summed E-state index contributed by atoms with van der Waals surface area (Å²) in [6, 6.07) is 15.9. The van der Waals surface area contributed by atoms with Crippen LogP contribution < -0.4 is 5.32 Å². The average Bonchev–Trinajstić information content (AvgIpc) is 3.39. The van der Waals surface area contributed by atoms with Crippen molar-refractivity contribution >= 4 is 23.4 Å². The largest absolute Gasteiger partial charge is 0.322 e. The van der Waals surface area contributed by atoms with Crippen molar-refractivity contribution in [2.75, 3.05) is 25.2 Å². The number of aromatic nitrogens is 5. The van der Waals surface area contributed by atoms with Crippen LogP contribution in [0.5, 0.6) is 0 Å². The number of carbonyl (C=O) groups is 1. The van der Waals surface area contributed by atoms with Gasteiger partial charge in [0.05, 0.1) is 34.6 Å². The van der Waals surface area contributed by atoms with Crippen molar-refractivity contribution in [3.63, 3.8) is 0 Å². The van der Waals surface area contributed by atoms with Gasteiger partial charge in [-0.25, -0.2) is 9.07 Å². The number of para-hydroxylation sites is 1. The first-order valence-corrected chi connectivity index (χ1v) is 12.2. The molecule has 35 heavy (non-hydrogen) atoms. The second-order valence-electron chi connectivity index (χ2n) is 8.42. The molecule has 0 aliphatic carbocycles. The number of rotatable bonds is 8. The fourth-order valence-electron chi connectivity index (χ4n) is 3.66. The maximum absolute atomic E-state index is 13.5. The van der Waals surface area contributed by atoms with Gasteiger partial charge in [0, 0.05) is 5.69 Å². The molecule has 0 fully saturated rings. The first-order valence-electron chi connectivity index (χ1n) is 11.2. The van der Waals surface area contributed by atoms with Crippen molar-refractivity contribution in [1.29, 1.82) is 0 Å². The predicted molar refractivity (Wildman–Crippen MR) is 136 cm³/mol. The molecule has 4 rings (SSSR count). The second-order valence-corrected chi connectivity index (χ2v) is 9.36. The molecule has 2 heterocycles. The zero-order valence-corrected chi connectivity index (χ0v) is 21.2. The summed E-state index contributed by atoms with van der Waals surface area (Å²) >= 11 is 1.28. The quantitative estimate of drug-likeness (QED) is 0.363. The summed E-state index contributed by atoms with van der Waals surface area (Å²) in [5, 5.41) is 16.8. The molecule has 2 aromatic heterocycles. The van der Waals surface area contributed by atoms with Gasteiger partial charge in [-0.1, -0.05) is 30.0 Å². The van der Waals surface area contributed by atoms with Gasteiger partial charge in [-0.05, 0) is 71.3 Å². The highest BCUT2D eigenvalue weighted by Gasteiger charge is 2.22. The van der Waals surface area contributed by atoms with E-state index in [1.54, 1.807) is 12.1 Å². The third-order valence-corrected chi connectivity index (χ3v) is 6.71. The lowest BCUT2D eigenvalue weighted by atomic mass is 10.2. The highest BCUT2D eigenvalue weighted by atomic mass is 32.2. The Hall–Kier alpha value is -3.50. The van der Waals surface area contributed by atoms with Gasteiger partial charge in [-0.3, -0.25) is 14.3 Å². The van der Waals surface area contributed by atoms with E-state index in [9.17, 15) is 9.18 Å². The molecule has 1 amide bonds. The molecule has 0 spiro atoms. The van der Waals surface area contributed by atoms with E-state index in [4.69, 9.17) is 0 Å². The van der Waals surface area contributed by atoms with E-state index in [0.717, 1.165) is 22.8 Å². The molecule has 8 nitrogen and oxygen atoms in total. The highest BCUT2D eigenvalue weighted by molar-refractivity contribution is 7.99. The van der Waals surface area contributed by atoms with Gasteiger partial charge < -0.3 is 5.32 Å². The number of aryl methyl sites for hydroxylation is 1. The average molecular weight is 494 g/mol. The molecule has 10 heteroatoms. The third kappa shape index (κ3) is 5.28. The monoisotopic (exact) mass is 493 g/mol. The number of halogens is 1. The van der Waals surface area contributed by atoms with Crippen molar-refractivity contribution in [3.05, 3.63) is 77.6 Å². The molecule has 1 N–H and O–H groups in total. The van der Waals surface area contributed by atoms with Crippen LogP contribution in [0.4, 0.5) is 10.1 Å². The van der Waals surface area contributed by atoms with Crippen LogP contribution in [-0.4, -0.2) is 55.2 Å². The molecule has 0 saturated carbocycles. The van der Waals surface area contributed by atoms with E-state index < -0.39 is 0 Å². The van der Waals surface area contributed by atoms with Crippen molar-refractivity contribution < 1.29 is 9.18 Å². The van der Waals surface area contributed by atoms with E-state index in [1.165, 1.54) is 23.9 Å². The van der Waals surface area contributed by atoms with E-state index in [-0.39, 0.29) is 23.5 Å². The van der Waals surface area contributed by atoms with E-state index in [0.29, 0.717) is 16.7 Å². The second kappa shape index (κ2) is 10.4. The number of benzene rings is 2. The number of anilines is 1. The molecule has 4 aromatic rings. The Labute approximate surface area is 208 Å². The maximum Gasteiger partial charge on any atom is 0.234 e. The molecule has 0 aliphatic rings. The van der Waals surface area contributed by atoms with Gasteiger partial charge in [0.25, 0.3) is 0 Å². The van der Waals surface area contributed by atoms with E-state index in [1.807, 2.05) is 79.3 Å². The Balaban J connectivity index is 1.54. The summed E-state index contributed by atoms with van der Waals surface area (Å²) in [6.07, 6.45) is 0. The van der Waals surface area contributed by atoms with E-state index >= 15 is 0 Å². The van der Waals surface area contributed by atoms with E-state index in [2.05, 4.69) is 20.6 Å². The number of amides is 1. The van der Waals surface area contributed by atoms with Crippen LogP contribution in [0.25, 0.3) is 11.4 Å². The van der Waals surface area contributed by atoms with Crippen LogP contribution in [0.3, 0.4) is 0 Å². The molecule has 2 aromatic carbocycles. The Kier molecular flexibility index (Phi) is 7.32. The van der Waals surface area contributed by atoms with Crippen molar-refractivity contribution in [3.8, 4) is 11.4 Å². The SMILES string of the molecule is Cc1nn(-c2ccccc2)c(C)c1NC(=O)CSc1nnc(C(C)N(C)C)n1-c1ccc(F)cc1. The third-order valence-electron chi connectivity index (χ3n) is 5.78. The summed E-state index contributed by atoms with van der Waals surface area (Å²) in [6.45, 7) is 5.81. The van der Waals surface area contributed by atoms with Crippen molar-refractivity contribution in [1.82, 2.24) is 29.4 Å². The number of nitrogens with one attached hydrogen (secondary N) is 1. The molecular formula is C25H28FN7OS. The molecule has 0 saturated heterocycles. The molecule has 182 valence electrons. The molecule has 0 aliphatic heterocycles. The lowest BCUT2D eigenvalue weighted by Gasteiger charge is -2.20. The van der Waals surface area contributed by atoms with Crippen LogP contribution in [0.1, 0.15) is 30.2 Å². The van der Waals surface area contributed by atoms with Gasteiger partial charge in [0.15, 0.2) is 11.0 Å². The standard InChI is InChI=1S/C25H28FN7OS/c1-16-23(17(2)33(30-16)21-9-7-6-8-10-21)27-22(34)15-35-25-29-28-24(18(3)31(4)5)32(25)20-13-11-19(26)12-14-20/h6-14,18H,15H2,1-5H3,(H,27,34). The van der Waals surface area contributed by atoms with Gasteiger partial charge in [-0.2, -0.15) is 5.10 Å². The van der Waals surface area contributed by atoms with Gasteiger partial charge in [0.1, 0.15) is 5.82 Å². The molecule has 0 radical (unpaired) electrons. The minimum atomic E-state index is -0.320. The number of nitrogens with zero attached hydrogens (tertiary/aromatic N) is 6. The fraction of sp³-hybridized carbons (Fsp3) is 0.280. The van der Waals surface area contributed by atoms with Gasteiger partial charge >= 0.3 is 0 Å². The Morgan fingerprint density at radius 3 is 2.40 bits per heavy atom. The number of thioether (sulfide) groups is 1. The summed E-state index contributed by atoms with van der Waals surface area (Å²) < 4.78 is 17.2. The molecule has 1 atom stereocenters. The highest BCUT2D eigenvalue weighted by Crippen LogP contribution is 2.28. The molecular weight excluding hydrogens is 465 g/mol. The smallest absolute Gasteiger partial charge is 0.234 e. The van der Waals surface area contributed by atoms with Crippen LogP contribution >= 0.6 is 11.8 Å². The zero-order valence-electron chi connectivity index (χ0n) is 20.4. The Bertz CT molecular complexity index is 1320. The molecule has 0 bridgehead atoms. The van der Waals surface area contributed by atoms with Crippen LogP contribution in [-0.2, 0) is 4.79 Å². The fourth-order valence-corrected chi connectivity index (χ4v) is 4.42.